The topological polar surface area (TPSA) is 96.6 Å². The van der Waals surface area contributed by atoms with Gasteiger partial charge in [0.25, 0.3) is 0 Å². The van der Waals surface area contributed by atoms with Gasteiger partial charge in [-0.05, 0) is 37.6 Å². The molecule has 45 heavy (non-hydrogen) atoms. The molecule has 3 aliphatic rings. The van der Waals surface area contributed by atoms with Crippen LogP contribution in [0.25, 0.3) is 5.65 Å². The molecule has 2 saturated heterocycles. The van der Waals surface area contributed by atoms with Gasteiger partial charge in [-0.2, -0.15) is 0 Å². The number of nitrogens with one attached hydrogen (secondary N) is 1. The number of morpholine rings is 1. The maximum absolute atomic E-state index is 14.3. The van der Waals surface area contributed by atoms with Crippen LogP contribution in [0.15, 0.2) is 35.1 Å². The van der Waals surface area contributed by atoms with Crippen LogP contribution in [0.3, 0.4) is 0 Å². The average Bonchev–Trinajstić information content (AvgIpc) is 3.47. The third-order valence-corrected chi connectivity index (χ3v) is 9.52. The van der Waals surface area contributed by atoms with Crippen molar-refractivity contribution in [3.63, 3.8) is 0 Å². The van der Waals surface area contributed by atoms with Gasteiger partial charge in [-0.15, -0.1) is 5.10 Å². The number of fused-ring (bicyclic) bond motifs is 3. The highest BCUT2D eigenvalue weighted by atomic mass is 19.1. The predicted octanol–water partition coefficient (Wildman–Crippen LogP) is 1.88. The van der Waals surface area contributed by atoms with Crippen molar-refractivity contribution < 1.29 is 18.7 Å². The number of pyridine rings is 1. The van der Waals surface area contributed by atoms with E-state index in [0.29, 0.717) is 37.8 Å². The Morgan fingerprint density at radius 2 is 1.98 bits per heavy atom. The summed E-state index contributed by atoms with van der Waals surface area (Å²) in [6, 6.07) is 9.18. The van der Waals surface area contributed by atoms with Crippen molar-refractivity contribution >= 4 is 17.2 Å². The third kappa shape index (κ3) is 6.44. The van der Waals surface area contributed by atoms with Crippen molar-refractivity contribution in [3.05, 3.63) is 63.5 Å². The average molecular weight is 624 g/mol. The molecule has 3 aliphatic heterocycles. The zero-order chi connectivity index (χ0) is 31.9. The Kier molecular flexibility index (Phi) is 9.13. The van der Waals surface area contributed by atoms with E-state index in [0.717, 1.165) is 61.9 Å². The fraction of sp³-hybridized carbons (Fsp3) is 0.606. The monoisotopic (exact) mass is 623 g/mol. The second-order valence-electron chi connectivity index (χ2n) is 13.5. The summed E-state index contributed by atoms with van der Waals surface area (Å²) in [5, 5.41) is 8.34. The van der Waals surface area contributed by atoms with Gasteiger partial charge in [-0.1, -0.05) is 26.0 Å². The number of ether oxygens (including phenoxy) is 2. The van der Waals surface area contributed by atoms with Gasteiger partial charge in [-0.3, -0.25) is 14.6 Å². The summed E-state index contributed by atoms with van der Waals surface area (Å²) < 4.78 is 27.7. The molecule has 3 aromatic rings. The lowest BCUT2D eigenvalue weighted by Gasteiger charge is -2.43. The van der Waals surface area contributed by atoms with Gasteiger partial charge < -0.3 is 19.7 Å². The second-order valence-corrected chi connectivity index (χ2v) is 13.5. The molecule has 1 N–H and O–H groups in total. The Bertz CT molecular complexity index is 1590. The minimum Gasteiger partial charge on any atom is -0.383 e. The molecule has 2 aromatic heterocycles. The van der Waals surface area contributed by atoms with Gasteiger partial charge in [0.1, 0.15) is 5.82 Å². The molecule has 11 nitrogen and oxygen atoms in total. The summed E-state index contributed by atoms with van der Waals surface area (Å²) in [5.41, 5.74) is 3.03. The molecule has 12 heteroatoms. The van der Waals surface area contributed by atoms with Crippen LogP contribution in [0.5, 0.6) is 0 Å². The number of aromatic nitrogens is 3. The Morgan fingerprint density at radius 3 is 2.71 bits per heavy atom. The summed E-state index contributed by atoms with van der Waals surface area (Å²) in [5.74, 6) is -0.289. The number of piperazine rings is 1. The Labute approximate surface area is 263 Å². The molecule has 6 rings (SSSR count). The SMILES string of the molecule is COCCn1nc2c(Cc3ccc(F)cc3)cc3c(n2c1=O)C(C)(C)CN3C(=O)CN1C[C@@H](C)NC[C@@H]1CN1CCOC[C@H]1C. The lowest BCUT2D eigenvalue weighted by atomic mass is 9.90. The minimum absolute atomic E-state index is 0.0165. The number of benzene rings is 1. The van der Waals surface area contributed by atoms with E-state index in [1.165, 1.54) is 16.8 Å². The number of rotatable bonds is 9. The standard InChI is InChI=1S/C33H46FN7O4/c1-22-17-38(27(16-35-22)18-37-10-13-45-20-23(37)2)19-29(42)39-21-33(3,4)30-28(39)15-25(14-24-6-8-26(34)9-7-24)31-36-40(11-12-44-5)32(43)41(30)31/h6-9,15,22-23,27,35H,10-14,16-21H2,1-5H3/t22-,23-,27-/m1/s1. The first kappa shape index (κ1) is 31.8. The molecule has 0 unspecified atom stereocenters. The summed E-state index contributed by atoms with van der Waals surface area (Å²) in [6.07, 6.45) is 0.440. The van der Waals surface area contributed by atoms with Crippen LogP contribution in [-0.4, -0.2) is 114 Å². The molecule has 0 spiro atoms. The van der Waals surface area contributed by atoms with Gasteiger partial charge in [0.05, 0.1) is 44.3 Å². The van der Waals surface area contributed by atoms with Crippen LogP contribution in [0.4, 0.5) is 10.1 Å². The van der Waals surface area contributed by atoms with Crippen LogP contribution in [0.2, 0.25) is 0 Å². The van der Waals surface area contributed by atoms with Crippen LogP contribution in [0.1, 0.15) is 44.5 Å². The van der Waals surface area contributed by atoms with E-state index in [1.807, 2.05) is 11.0 Å². The van der Waals surface area contributed by atoms with Crippen LogP contribution in [0, 0.1) is 5.82 Å². The molecule has 2 fully saturated rings. The number of carbonyl (C=O) groups is 1. The van der Waals surface area contributed by atoms with E-state index < -0.39 is 5.41 Å². The first-order chi connectivity index (χ1) is 21.6. The normalized spacial score (nSPS) is 24.0. The van der Waals surface area contributed by atoms with E-state index in [1.54, 1.807) is 23.6 Å². The lowest BCUT2D eigenvalue weighted by molar-refractivity contribution is -0.121. The molecule has 3 atom stereocenters. The van der Waals surface area contributed by atoms with E-state index in [4.69, 9.17) is 14.6 Å². The number of hydrogen-bond donors (Lipinski definition) is 1. The van der Waals surface area contributed by atoms with Gasteiger partial charge in [-0.25, -0.2) is 18.3 Å². The van der Waals surface area contributed by atoms with Crippen LogP contribution >= 0.6 is 0 Å². The number of methoxy groups -OCH3 is 1. The van der Waals surface area contributed by atoms with Crippen molar-refractivity contribution in [2.24, 2.45) is 0 Å². The molecule has 0 saturated carbocycles. The van der Waals surface area contributed by atoms with E-state index in [2.05, 4.69) is 42.8 Å². The fourth-order valence-corrected chi connectivity index (χ4v) is 7.11. The van der Waals surface area contributed by atoms with E-state index in [9.17, 15) is 14.0 Å². The smallest absolute Gasteiger partial charge is 0.350 e. The molecule has 5 heterocycles. The first-order valence-electron chi connectivity index (χ1n) is 16.0. The van der Waals surface area contributed by atoms with Crippen molar-refractivity contribution in [1.82, 2.24) is 29.3 Å². The Balaban J connectivity index is 1.35. The van der Waals surface area contributed by atoms with Gasteiger partial charge in [0.2, 0.25) is 5.91 Å². The molecule has 0 bridgehead atoms. The summed E-state index contributed by atoms with van der Waals surface area (Å²) in [6.45, 7) is 14.7. The predicted molar refractivity (Wildman–Crippen MR) is 171 cm³/mol. The van der Waals surface area contributed by atoms with Crippen LogP contribution < -0.4 is 15.9 Å². The Morgan fingerprint density at radius 1 is 1.20 bits per heavy atom. The molecule has 0 aliphatic carbocycles. The van der Waals surface area contributed by atoms with E-state index >= 15 is 0 Å². The summed E-state index contributed by atoms with van der Waals surface area (Å²) in [4.78, 5) is 34.8. The zero-order valence-electron chi connectivity index (χ0n) is 27.1. The van der Waals surface area contributed by atoms with Crippen molar-refractivity contribution in [1.29, 1.82) is 0 Å². The molecular weight excluding hydrogens is 577 g/mol. The fourth-order valence-electron chi connectivity index (χ4n) is 7.11. The highest BCUT2D eigenvalue weighted by Crippen LogP contribution is 2.42. The number of carbonyl (C=O) groups excluding carboxylic acids is 1. The summed E-state index contributed by atoms with van der Waals surface area (Å²) in [7, 11) is 1.59. The maximum Gasteiger partial charge on any atom is 0.350 e. The van der Waals surface area contributed by atoms with E-state index in [-0.39, 0.29) is 36.0 Å². The number of hydrogen-bond acceptors (Lipinski definition) is 8. The number of nitrogens with zero attached hydrogens (tertiary/aromatic N) is 6. The van der Waals surface area contributed by atoms with Crippen molar-refractivity contribution in [2.75, 3.05) is 71.1 Å². The molecular formula is C33H46FN7O4. The number of amides is 1. The molecule has 1 aromatic carbocycles. The highest BCUT2D eigenvalue weighted by molar-refractivity contribution is 5.97. The Hall–Kier alpha value is -3.16. The number of anilines is 1. The van der Waals surface area contributed by atoms with Gasteiger partial charge in [0, 0.05) is 75.4 Å². The molecule has 1 amide bonds. The lowest BCUT2D eigenvalue weighted by Crippen LogP contribution is -2.62. The second kappa shape index (κ2) is 12.9. The highest BCUT2D eigenvalue weighted by Gasteiger charge is 2.43. The quantitative estimate of drug-likeness (QED) is 0.386. The van der Waals surface area contributed by atoms with Gasteiger partial charge >= 0.3 is 5.69 Å². The van der Waals surface area contributed by atoms with Gasteiger partial charge in [0.15, 0.2) is 5.65 Å². The van der Waals surface area contributed by atoms with Crippen molar-refractivity contribution in [2.45, 2.75) is 64.2 Å². The number of halogens is 1. The summed E-state index contributed by atoms with van der Waals surface area (Å²) >= 11 is 0. The first-order valence-corrected chi connectivity index (χ1v) is 16.0. The minimum atomic E-state index is -0.490. The third-order valence-electron chi connectivity index (χ3n) is 9.52. The maximum atomic E-state index is 14.3. The van der Waals surface area contributed by atoms with Crippen molar-refractivity contribution in [3.8, 4) is 0 Å². The molecule has 0 radical (unpaired) electrons. The zero-order valence-corrected chi connectivity index (χ0v) is 27.1. The molecule has 244 valence electrons. The van der Waals surface area contributed by atoms with Crippen LogP contribution in [-0.2, 0) is 32.6 Å². The largest absolute Gasteiger partial charge is 0.383 e.